The Labute approximate surface area is 90.4 Å². The van der Waals surface area contributed by atoms with E-state index >= 15 is 0 Å². The maximum atomic E-state index is 10.7. The Hall–Kier alpha value is -2.43. The zero-order chi connectivity index (χ0) is 12.3. The van der Waals surface area contributed by atoms with E-state index in [0.717, 1.165) is 12.4 Å². The van der Waals surface area contributed by atoms with Crippen LogP contribution in [0.5, 0.6) is 0 Å². The largest absolute Gasteiger partial charge is 0.343 e. The second-order valence-electron chi connectivity index (χ2n) is 3.01. The summed E-state index contributed by atoms with van der Waals surface area (Å²) in [5.74, 6) is -1.42. The molecule has 0 atom stereocenters. The van der Waals surface area contributed by atoms with E-state index in [2.05, 4.69) is 0 Å². The lowest BCUT2D eigenvalue weighted by atomic mass is 10.0. The van der Waals surface area contributed by atoms with Gasteiger partial charge in [-0.2, -0.15) is 5.26 Å². The van der Waals surface area contributed by atoms with E-state index in [4.69, 9.17) is 5.26 Å². The second kappa shape index (κ2) is 4.39. The molecule has 1 heterocycles. The molecule has 0 fully saturated rings. The molecule has 16 heavy (non-hydrogen) atoms. The molecular formula is C8H8N4O4. The maximum Gasteiger partial charge on any atom is 0.290 e. The van der Waals surface area contributed by atoms with Gasteiger partial charge in [-0.3, -0.25) is 20.2 Å². The van der Waals surface area contributed by atoms with Crippen molar-refractivity contribution in [3.63, 3.8) is 0 Å². The molecule has 0 amide bonds. The minimum atomic E-state index is -1.42. The molecule has 0 bridgehead atoms. The molecule has 0 aromatic rings. The fraction of sp³-hybridized carbons (Fsp3) is 0.375. The fourth-order valence-corrected chi connectivity index (χ4v) is 1.30. The minimum Gasteiger partial charge on any atom is -0.343 e. The highest BCUT2D eigenvalue weighted by Crippen LogP contribution is 2.26. The summed E-state index contributed by atoms with van der Waals surface area (Å²) in [4.78, 5) is 21.1. The van der Waals surface area contributed by atoms with Crippen molar-refractivity contribution in [3.8, 4) is 6.07 Å². The van der Waals surface area contributed by atoms with Crippen LogP contribution in [0.4, 0.5) is 0 Å². The van der Waals surface area contributed by atoms with E-state index in [0.29, 0.717) is 6.54 Å². The molecule has 0 saturated heterocycles. The zero-order valence-corrected chi connectivity index (χ0v) is 8.36. The van der Waals surface area contributed by atoms with E-state index in [9.17, 15) is 20.2 Å². The summed E-state index contributed by atoms with van der Waals surface area (Å²) in [5, 5.41) is 30.1. The van der Waals surface area contributed by atoms with Crippen molar-refractivity contribution in [1.82, 2.24) is 4.90 Å². The summed E-state index contributed by atoms with van der Waals surface area (Å²) in [7, 11) is 0. The van der Waals surface area contributed by atoms with Gasteiger partial charge in [0.05, 0.1) is 28.3 Å². The molecule has 8 heteroatoms. The molecule has 1 aliphatic heterocycles. The summed E-state index contributed by atoms with van der Waals surface area (Å²) in [6, 6.07) is 1.56. The van der Waals surface area contributed by atoms with Gasteiger partial charge in [0, 0.05) is 6.54 Å². The van der Waals surface area contributed by atoms with Crippen LogP contribution in [0.15, 0.2) is 23.8 Å². The first-order chi connectivity index (χ1) is 7.51. The number of hydrogen-bond acceptors (Lipinski definition) is 6. The molecule has 0 unspecified atom stereocenters. The quantitative estimate of drug-likeness (QED) is 0.514. The third-order valence-electron chi connectivity index (χ3n) is 2.10. The predicted molar refractivity (Wildman–Crippen MR) is 51.6 cm³/mol. The molecule has 84 valence electrons. The highest BCUT2D eigenvalue weighted by atomic mass is 16.6. The van der Waals surface area contributed by atoms with Crippen LogP contribution >= 0.6 is 0 Å². The Balaban J connectivity index is 3.22. The van der Waals surface area contributed by atoms with E-state index < -0.39 is 27.2 Å². The smallest absolute Gasteiger partial charge is 0.290 e. The van der Waals surface area contributed by atoms with Gasteiger partial charge in [0.2, 0.25) is 5.92 Å². The zero-order valence-electron chi connectivity index (χ0n) is 8.36. The third-order valence-corrected chi connectivity index (χ3v) is 2.10. The molecular weight excluding hydrogens is 216 g/mol. The summed E-state index contributed by atoms with van der Waals surface area (Å²) in [6.07, 6.45) is 2.28. The summed E-state index contributed by atoms with van der Waals surface area (Å²) < 4.78 is 0. The number of nitro groups is 2. The first-order valence-electron chi connectivity index (χ1n) is 4.38. The van der Waals surface area contributed by atoms with Crippen LogP contribution in [0.1, 0.15) is 6.92 Å². The third kappa shape index (κ3) is 1.98. The van der Waals surface area contributed by atoms with Gasteiger partial charge in [-0.15, -0.1) is 0 Å². The van der Waals surface area contributed by atoms with Crippen molar-refractivity contribution in [2.75, 3.05) is 6.54 Å². The standard InChI is InChI=1S/C8H8N4O4/c1-2-10-4-7(11(13)14)6(3-9)8(5-10)12(15)16/h4-6H,2H2,1H3. The molecule has 1 aliphatic rings. The average Bonchev–Trinajstić information content (AvgIpc) is 2.26. The van der Waals surface area contributed by atoms with Gasteiger partial charge < -0.3 is 4.90 Å². The Morgan fingerprint density at radius 2 is 1.81 bits per heavy atom. The molecule has 0 aromatic heterocycles. The molecule has 0 aromatic carbocycles. The monoisotopic (exact) mass is 224 g/mol. The SMILES string of the molecule is CCN1C=C([N+](=O)[O-])C(C#N)C([N+](=O)[O-])=C1. The first kappa shape index (κ1) is 11.6. The number of rotatable bonds is 3. The first-order valence-corrected chi connectivity index (χ1v) is 4.38. The normalized spacial score (nSPS) is 16.1. The fourth-order valence-electron chi connectivity index (χ4n) is 1.30. The summed E-state index contributed by atoms with van der Waals surface area (Å²) in [6.45, 7) is 2.04. The van der Waals surface area contributed by atoms with E-state index in [1.165, 1.54) is 4.90 Å². The van der Waals surface area contributed by atoms with Gasteiger partial charge in [0.15, 0.2) is 0 Å². The topological polar surface area (TPSA) is 113 Å². The van der Waals surface area contributed by atoms with E-state index in [-0.39, 0.29) is 0 Å². The van der Waals surface area contributed by atoms with Crippen LogP contribution < -0.4 is 0 Å². The van der Waals surface area contributed by atoms with Gasteiger partial charge in [-0.25, -0.2) is 0 Å². The average molecular weight is 224 g/mol. The Morgan fingerprint density at radius 1 is 1.38 bits per heavy atom. The highest BCUT2D eigenvalue weighted by molar-refractivity contribution is 5.24. The summed E-state index contributed by atoms with van der Waals surface area (Å²) >= 11 is 0. The Kier molecular flexibility index (Phi) is 3.20. The van der Waals surface area contributed by atoms with Gasteiger partial charge in [0.1, 0.15) is 0 Å². The maximum absolute atomic E-state index is 10.7. The lowest BCUT2D eigenvalue weighted by Gasteiger charge is -2.18. The molecule has 0 aliphatic carbocycles. The predicted octanol–water partition coefficient (Wildman–Crippen LogP) is 0.698. The van der Waals surface area contributed by atoms with E-state index in [1.54, 1.807) is 13.0 Å². The van der Waals surface area contributed by atoms with Crippen molar-refractivity contribution in [1.29, 1.82) is 5.26 Å². The number of hydrogen-bond donors (Lipinski definition) is 0. The van der Waals surface area contributed by atoms with Gasteiger partial charge in [0.25, 0.3) is 11.4 Å². The Bertz CT molecular complexity index is 402. The van der Waals surface area contributed by atoms with Crippen LogP contribution in [0.2, 0.25) is 0 Å². The van der Waals surface area contributed by atoms with Gasteiger partial charge in [-0.05, 0) is 6.92 Å². The van der Waals surface area contributed by atoms with Crippen LogP contribution in [-0.4, -0.2) is 21.3 Å². The Morgan fingerprint density at radius 3 is 2.06 bits per heavy atom. The van der Waals surface area contributed by atoms with Crippen molar-refractivity contribution in [2.24, 2.45) is 5.92 Å². The van der Waals surface area contributed by atoms with Gasteiger partial charge >= 0.3 is 0 Å². The lowest BCUT2D eigenvalue weighted by Crippen LogP contribution is -2.27. The highest BCUT2D eigenvalue weighted by Gasteiger charge is 2.40. The van der Waals surface area contributed by atoms with Crippen LogP contribution in [0, 0.1) is 37.5 Å². The minimum absolute atomic E-state index is 0.354. The van der Waals surface area contributed by atoms with Crippen molar-refractivity contribution < 1.29 is 9.85 Å². The van der Waals surface area contributed by atoms with Crippen molar-refractivity contribution in [2.45, 2.75) is 6.92 Å². The van der Waals surface area contributed by atoms with Crippen LogP contribution in [0.25, 0.3) is 0 Å². The summed E-state index contributed by atoms with van der Waals surface area (Å²) in [5.41, 5.74) is -0.947. The molecule has 0 saturated carbocycles. The number of nitriles is 1. The molecule has 0 spiro atoms. The molecule has 1 rings (SSSR count). The van der Waals surface area contributed by atoms with Gasteiger partial charge in [-0.1, -0.05) is 0 Å². The van der Waals surface area contributed by atoms with E-state index in [1.807, 2.05) is 0 Å². The lowest BCUT2D eigenvalue weighted by molar-refractivity contribution is -0.459. The van der Waals surface area contributed by atoms with Crippen molar-refractivity contribution >= 4 is 0 Å². The van der Waals surface area contributed by atoms with Crippen LogP contribution in [0.3, 0.4) is 0 Å². The second-order valence-corrected chi connectivity index (χ2v) is 3.01. The van der Waals surface area contributed by atoms with Crippen molar-refractivity contribution in [3.05, 3.63) is 44.0 Å². The molecule has 0 N–H and O–H groups in total. The number of nitrogens with zero attached hydrogens (tertiary/aromatic N) is 4. The molecule has 8 nitrogen and oxygen atoms in total. The van der Waals surface area contributed by atoms with Crippen LogP contribution in [-0.2, 0) is 0 Å². The molecule has 0 radical (unpaired) electrons.